The van der Waals surface area contributed by atoms with Crippen molar-refractivity contribution in [2.45, 2.75) is 24.8 Å². The summed E-state index contributed by atoms with van der Waals surface area (Å²) in [5.74, 6) is -0.0525. The Balaban J connectivity index is 1.43. The number of carbonyl (C=O) groups excluding carboxylic acids is 1. The molecule has 0 atom stereocenters. The Morgan fingerprint density at radius 1 is 0.895 bits per heavy atom. The Morgan fingerprint density at radius 3 is 1.97 bits per heavy atom. The molecule has 202 valence electrons. The highest BCUT2D eigenvalue weighted by atomic mass is 35.5. The molecule has 0 aromatic heterocycles. The molecule has 0 unspecified atom stereocenters. The second-order valence-electron chi connectivity index (χ2n) is 9.11. The third-order valence-electron chi connectivity index (χ3n) is 6.84. The highest BCUT2D eigenvalue weighted by Crippen LogP contribution is 2.31. The second kappa shape index (κ2) is 12.8. The lowest BCUT2D eigenvalue weighted by atomic mass is 9.96. The fraction of sp³-hybridized carbons (Fsp3) is 0.345. The molecule has 0 bridgehead atoms. The first-order valence-corrected chi connectivity index (χ1v) is 14.7. The van der Waals surface area contributed by atoms with Crippen LogP contribution in [0.3, 0.4) is 0 Å². The number of sulfonamides is 1. The van der Waals surface area contributed by atoms with Crippen molar-refractivity contribution in [3.8, 4) is 5.75 Å². The van der Waals surface area contributed by atoms with Crippen LogP contribution in [0.1, 0.15) is 31.0 Å². The van der Waals surface area contributed by atoms with E-state index in [2.05, 4.69) is 29.2 Å². The zero-order chi connectivity index (χ0) is 27.1. The molecule has 38 heavy (non-hydrogen) atoms. The number of carbonyl (C=O) groups is 1. The molecule has 3 aromatic rings. The van der Waals surface area contributed by atoms with E-state index in [4.69, 9.17) is 16.3 Å². The molecular formula is C29H34ClN3O4S. The van der Waals surface area contributed by atoms with Crippen LogP contribution in [0.25, 0.3) is 0 Å². The van der Waals surface area contributed by atoms with Gasteiger partial charge in [0.15, 0.2) is 6.61 Å². The predicted molar refractivity (Wildman–Crippen MR) is 150 cm³/mol. The molecule has 7 nitrogen and oxygen atoms in total. The zero-order valence-corrected chi connectivity index (χ0v) is 23.4. The number of rotatable bonds is 10. The van der Waals surface area contributed by atoms with Crippen molar-refractivity contribution in [2.75, 3.05) is 45.9 Å². The van der Waals surface area contributed by atoms with E-state index in [1.165, 1.54) is 27.6 Å². The van der Waals surface area contributed by atoms with E-state index in [9.17, 15) is 13.2 Å². The highest BCUT2D eigenvalue weighted by Gasteiger charge is 2.30. The van der Waals surface area contributed by atoms with Gasteiger partial charge in [0.05, 0.1) is 6.04 Å². The summed E-state index contributed by atoms with van der Waals surface area (Å²) in [5, 5.41) is 0.289. The van der Waals surface area contributed by atoms with Crippen LogP contribution < -0.4 is 4.74 Å². The quantitative estimate of drug-likeness (QED) is 0.363. The molecule has 1 amide bonds. The van der Waals surface area contributed by atoms with Gasteiger partial charge in [-0.2, -0.15) is 4.31 Å². The van der Waals surface area contributed by atoms with Gasteiger partial charge >= 0.3 is 0 Å². The Morgan fingerprint density at radius 2 is 1.45 bits per heavy atom. The molecule has 1 aliphatic rings. The summed E-state index contributed by atoms with van der Waals surface area (Å²) in [6.45, 7) is 6.48. The van der Waals surface area contributed by atoms with Gasteiger partial charge in [0.1, 0.15) is 10.6 Å². The van der Waals surface area contributed by atoms with Crippen LogP contribution in [0.5, 0.6) is 5.75 Å². The number of amides is 1. The molecule has 4 rings (SSSR count). The molecule has 1 fully saturated rings. The average Bonchev–Trinajstić information content (AvgIpc) is 2.94. The van der Waals surface area contributed by atoms with Gasteiger partial charge in [-0.1, -0.05) is 86.1 Å². The van der Waals surface area contributed by atoms with Crippen LogP contribution in [0.15, 0.2) is 83.8 Å². The van der Waals surface area contributed by atoms with E-state index in [1.54, 1.807) is 24.8 Å². The standard InChI is InChI=1S/C29H34ClN3O4S/c1-3-33(4-2)38(35,36)27-21-25(30)15-16-26(27)37-22-28(34)31-17-19-32(20-18-31)29(23-11-7-5-8-12-23)24-13-9-6-10-14-24/h5-16,21,29H,3-4,17-20,22H2,1-2H3. The molecule has 0 N–H and O–H groups in total. The van der Waals surface area contributed by atoms with Gasteiger partial charge in [-0.3, -0.25) is 9.69 Å². The third-order valence-corrected chi connectivity index (χ3v) is 9.15. The number of piperazine rings is 1. The molecule has 0 spiro atoms. The lowest BCUT2D eigenvalue weighted by Crippen LogP contribution is -2.51. The summed E-state index contributed by atoms with van der Waals surface area (Å²) in [5.41, 5.74) is 2.43. The van der Waals surface area contributed by atoms with Crippen LogP contribution in [-0.4, -0.2) is 74.3 Å². The smallest absolute Gasteiger partial charge is 0.260 e. The number of nitrogens with zero attached hydrogens (tertiary/aromatic N) is 3. The van der Waals surface area contributed by atoms with E-state index < -0.39 is 10.0 Å². The first-order valence-electron chi connectivity index (χ1n) is 12.9. The molecular weight excluding hydrogens is 522 g/mol. The molecule has 9 heteroatoms. The average molecular weight is 556 g/mol. The molecule has 1 saturated heterocycles. The molecule has 0 aliphatic carbocycles. The van der Waals surface area contributed by atoms with Crippen molar-refractivity contribution in [1.82, 2.24) is 14.1 Å². The second-order valence-corrected chi connectivity index (χ2v) is 11.5. The minimum atomic E-state index is -3.80. The molecule has 0 radical (unpaired) electrons. The maximum atomic E-state index is 13.1. The van der Waals surface area contributed by atoms with Crippen molar-refractivity contribution >= 4 is 27.5 Å². The number of hydrogen-bond donors (Lipinski definition) is 0. The van der Waals surface area contributed by atoms with E-state index in [1.807, 2.05) is 36.4 Å². The topological polar surface area (TPSA) is 70.2 Å². The number of benzene rings is 3. The summed E-state index contributed by atoms with van der Waals surface area (Å²) >= 11 is 6.11. The summed E-state index contributed by atoms with van der Waals surface area (Å²) in [6, 6.07) is 25.3. The highest BCUT2D eigenvalue weighted by molar-refractivity contribution is 7.89. The summed E-state index contributed by atoms with van der Waals surface area (Å²) in [6.07, 6.45) is 0. The van der Waals surface area contributed by atoms with Crippen LogP contribution in [0, 0.1) is 0 Å². The lowest BCUT2D eigenvalue weighted by molar-refractivity contribution is -0.135. The summed E-state index contributed by atoms with van der Waals surface area (Å²) in [4.78, 5) is 17.2. The maximum Gasteiger partial charge on any atom is 0.260 e. The van der Waals surface area contributed by atoms with Crippen molar-refractivity contribution in [3.05, 3.63) is 95.0 Å². The van der Waals surface area contributed by atoms with E-state index >= 15 is 0 Å². The number of ether oxygens (including phenoxy) is 1. The molecule has 3 aromatic carbocycles. The Labute approximate surface area is 230 Å². The number of hydrogen-bond acceptors (Lipinski definition) is 5. The minimum absolute atomic E-state index is 0.0279. The van der Waals surface area contributed by atoms with Gasteiger partial charge in [-0.15, -0.1) is 0 Å². The Bertz CT molecular complexity index is 1270. The summed E-state index contributed by atoms with van der Waals surface area (Å²) in [7, 11) is -3.80. The summed E-state index contributed by atoms with van der Waals surface area (Å²) < 4.78 is 33.4. The first-order chi connectivity index (χ1) is 18.3. The predicted octanol–water partition coefficient (Wildman–Crippen LogP) is 4.68. The van der Waals surface area contributed by atoms with E-state index in [-0.39, 0.29) is 34.2 Å². The zero-order valence-electron chi connectivity index (χ0n) is 21.8. The van der Waals surface area contributed by atoms with Gasteiger partial charge < -0.3 is 9.64 Å². The van der Waals surface area contributed by atoms with Crippen LogP contribution >= 0.6 is 11.6 Å². The monoisotopic (exact) mass is 555 g/mol. The van der Waals surface area contributed by atoms with Gasteiger partial charge in [-0.05, 0) is 29.3 Å². The van der Waals surface area contributed by atoms with Crippen LogP contribution in [-0.2, 0) is 14.8 Å². The minimum Gasteiger partial charge on any atom is -0.482 e. The fourth-order valence-corrected chi connectivity index (χ4v) is 6.70. The van der Waals surface area contributed by atoms with Crippen molar-refractivity contribution < 1.29 is 17.9 Å². The SMILES string of the molecule is CCN(CC)S(=O)(=O)c1cc(Cl)ccc1OCC(=O)N1CCN(C(c2ccccc2)c2ccccc2)CC1. The van der Waals surface area contributed by atoms with E-state index in [0.717, 1.165) is 0 Å². The lowest BCUT2D eigenvalue weighted by Gasteiger charge is -2.39. The van der Waals surface area contributed by atoms with E-state index in [0.29, 0.717) is 39.3 Å². The fourth-order valence-electron chi connectivity index (χ4n) is 4.85. The molecule has 0 saturated carbocycles. The third kappa shape index (κ3) is 6.38. The van der Waals surface area contributed by atoms with Gasteiger partial charge in [-0.25, -0.2) is 8.42 Å². The van der Waals surface area contributed by atoms with Gasteiger partial charge in [0.2, 0.25) is 10.0 Å². The Hall–Kier alpha value is -2.91. The van der Waals surface area contributed by atoms with Crippen molar-refractivity contribution in [1.29, 1.82) is 0 Å². The van der Waals surface area contributed by atoms with Crippen molar-refractivity contribution in [3.63, 3.8) is 0 Å². The maximum absolute atomic E-state index is 13.1. The normalized spacial score (nSPS) is 14.7. The van der Waals surface area contributed by atoms with Crippen LogP contribution in [0.4, 0.5) is 0 Å². The largest absolute Gasteiger partial charge is 0.482 e. The van der Waals surface area contributed by atoms with Crippen LogP contribution in [0.2, 0.25) is 5.02 Å². The van der Waals surface area contributed by atoms with Crippen molar-refractivity contribution in [2.24, 2.45) is 0 Å². The molecule has 1 aliphatic heterocycles. The Kier molecular flexibility index (Phi) is 9.44. The van der Waals surface area contributed by atoms with Gasteiger partial charge in [0, 0.05) is 44.3 Å². The van der Waals surface area contributed by atoms with Gasteiger partial charge in [0.25, 0.3) is 5.91 Å². The first kappa shape index (κ1) is 28.1. The number of halogens is 1. The molecule has 1 heterocycles.